The van der Waals surface area contributed by atoms with Gasteiger partial charge in [-0.1, -0.05) is 13.8 Å². The van der Waals surface area contributed by atoms with E-state index in [9.17, 15) is 24.6 Å². The molecule has 0 aromatic heterocycles. The van der Waals surface area contributed by atoms with E-state index >= 15 is 0 Å². The molecule has 0 aromatic rings. The molecule has 1 atom stereocenters. The zero-order chi connectivity index (χ0) is 22.4. The predicted octanol–water partition coefficient (Wildman–Crippen LogP) is 3.80. The second kappa shape index (κ2) is 9.89. The molecule has 0 spiro atoms. The number of aliphatic carboxylic acids is 1. The molecular formula is C21H34N2O6. The van der Waals surface area contributed by atoms with Crippen LogP contribution in [-0.2, 0) is 14.3 Å². The molecule has 0 bridgehead atoms. The van der Waals surface area contributed by atoms with E-state index in [1.165, 1.54) is 0 Å². The molecule has 0 saturated heterocycles. The number of nitrogens with one attached hydrogen (secondary N) is 1. The maximum absolute atomic E-state index is 12.4. The molecule has 164 valence electrons. The van der Waals surface area contributed by atoms with Crippen molar-refractivity contribution in [3.63, 3.8) is 0 Å². The number of carbonyl (C=O) groups is 3. The number of ketones is 1. The number of alkyl carbamates (subject to hydrolysis) is 1. The number of amides is 1. The van der Waals surface area contributed by atoms with Gasteiger partial charge in [-0.25, -0.2) is 9.59 Å². The third kappa shape index (κ3) is 8.66. The van der Waals surface area contributed by atoms with Crippen LogP contribution in [0.2, 0.25) is 0 Å². The summed E-state index contributed by atoms with van der Waals surface area (Å²) in [6, 6.07) is -1.01. The van der Waals surface area contributed by atoms with E-state index < -0.39 is 23.7 Å². The second-order valence-corrected chi connectivity index (χ2v) is 9.26. The molecule has 0 aromatic carbocycles. The van der Waals surface area contributed by atoms with Gasteiger partial charge in [-0.3, -0.25) is 9.79 Å². The lowest BCUT2D eigenvalue weighted by molar-refractivity contribution is -0.138. The molecule has 8 nitrogen and oxygen atoms in total. The van der Waals surface area contributed by atoms with Crippen molar-refractivity contribution in [1.29, 1.82) is 0 Å². The second-order valence-electron chi connectivity index (χ2n) is 9.26. The van der Waals surface area contributed by atoms with Gasteiger partial charge in [0.1, 0.15) is 17.4 Å². The number of hydrogen-bond donors (Lipinski definition) is 3. The van der Waals surface area contributed by atoms with Crippen LogP contribution in [0.5, 0.6) is 0 Å². The molecule has 1 rings (SSSR count). The highest BCUT2D eigenvalue weighted by Gasteiger charge is 2.34. The van der Waals surface area contributed by atoms with Crippen molar-refractivity contribution in [3.8, 4) is 0 Å². The Kier molecular flexibility index (Phi) is 8.41. The van der Waals surface area contributed by atoms with Crippen LogP contribution in [0.25, 0.3) is 0 Å². The largest absolute Gasteiger partial charge is 0.511 e. The van der Waals surface area contributed by atoms with Crippen LogP contribution in [0.1, 0.15) is 73.6 Å². The first-order chi connectivity index (χ1) is 13.2. The Hall–Kier alpha value is -2.38. The molecule has 0 fully saturated rings. The van der Waals surface area contributed by atoms with Gasteiger partial charge in [0.05, 0.1) is 5.57 Å². The fourth-order valence-electron chi connectivity index (χ4n) is 3.21. The van der Waals surface area contributed by atoms with E-state index in [-0.39, 0.29) is 41.1 Å². The standard InChI is InChI=1S/C21H34N2O6/c1-13(17-15(24)11-21(5,6)12-16(17)25)23-14(18(26)27)9-7-8-10-22-19(28)29-20(2,3)4/h14,24H,7-12H2,1-6H3,(H,22,28)(H,26,27)/t14-/m1/s1. The number of carboxylic acid groups (broad SMARTS) is 1. The number of unbranched alkanes of at least 4 members (excludes halogenated alkanes) is 1. The van der Waals surface area contributed by atoms with Crippen molar-refractivity contribution in [1.82, 2.24) is 5.32 Å². The lowest BCUT2D eigenvalue weighted by atomic mass is 9.75. The quantitative estimate of drug-likeness (QED) is 0.413. The highest BCUT2D eigenvalue weighted by molar-refractivity contribution is 6.22. The predicted molar refractivity (Wildman–Crippen MR) is 110 cm³/mol. The van der Waals surface area contributed by atoms with Gasteiger partial charge in [0.25, 0.3) is 0 Å². The van der Waals surface area contributed by atoms with Gasteiger partial charge in [-0.15, -0.1) is 0 Å². The molecule has 0 aliphatic heterocycles. The van der Waals surface area contributed by atoms with Crippen molar-refractivity contribution < 1.29 is 29.3 Å². The number of allylic oxidation sites excluding steroid dienone is 2. The molecule has 8 heteroatoms. The van der Waals surface area contributed by atoms with E-state index in [1.807, 2.05) is 13.8 Å². The zero-order valence-corrected chi connectivity index (χ0v) is 18.3. The normalized spacial score (nSPS) is 18.4. The first kappa shape index (κ1) is 24.7. The lowest BCUT2D eigenvalue weighted by Gasteiger charge is -2.29. The van der Waals surface area contributed by atoms with Crippen molar-refractivity contribution in [2.45, 2.75) is 85.3 Å². The van der Waals surface area contributed by atoms with E-state index in [0.29, 0.717) is 25.8 Å². The van der Waals surface area contributed by atoms with Crippen molar-refractivity contribution in [3.05, 3.63) is 11.3 Å². The van der Waals surface area contributed by atoms with Gasteiger partial charge in [-0.2, -0.15) is 0 Å². The Balaban J connectivity index is 2.64. The Morgan fingerprint density at radius 3 is 2.38 bits per heavy atom. The summed E-state index contributed by atoms with van der Waals surface area (Å²) in [4.78, 5) is 39.7. The molecule has 0 unspecified atom stereocenters. The number of carboxylic acids is 1. The highest BCUT2D eigenvalue weighted by Crippen LogP contribution is 2.36. The summed E-state index contributed by atoms with van der Waals surface area (Å²) in [7, 11) is 0. The minimum Gasteiger partial charge on any atom is -0.511 e. The van der Waals surface area contributed by atoms with E-state index in [4.69, 9.17) is 4.74 Å². The third-order valence-corrected chi connectivity index (χ3v) is 4.42. The topological polar surface area (TPSA) is 125 Å². The van der Waals surface area contributed by atoms with Crippen LogP contribution in [0.4, 0.5) is 4.79 Å². The van der Waals surface area contributed by atoms with Gasteiger partial charge in [-0.05, 0) is 52.4 Å². The van der Waals surface area contributed by atoms with Crippen LogP contribution in [0.15, 0.2) is 16.3 Å². The highest BCUT2D eigenvalue weighted by atomic mass is 16.6. The van der Waals surface area contributed by atoms with E-state index in [2.05, 4.69) is 10.3 Å². The number of hydrogen-bond acceptors (Lipinski definition) is 6. The minimum absolute atomic E-state index is 0.0294. The average Bonchev–Trinajstić information content (AvgIpc) is 2.49. The number of aliphatic imine (C=N–C) groups is 1. The third-order valence-electron chi connectivity index (χ3n) is 4.42. The molecule has 0 saturated carbocycles. The average molecular weight is 411 g/mol. The smallest absolute Gasteiger partial charge is 0.407 e. The summed E-state index contributed by atoms with van der Waals surface area (Å²) in [5, 5.41) is 22.3. The van der Waals surface area contributed by atoms with Gasteiger partial charge >= 0.3 is 12.1 Å². The molecular weight excluding hydrogens is 376 g/mol. The van der Waals surface area contributed by atoms with E-state index in [1.54, 1.807) is 27.7 Å². The summed E-state index contributed by atoms with van der Waals surface area (Å²) in [6.07, 6.45) is 1.48. The SMILES string of the molecule is CC(=N[C@H](CCCCNC(=O)OC(C)(C)C)C(=O)O)C1=C(O)CC(C)(C)CC1=O. The molecule has 1 aliphatic rings. The number of carbonyl (C=O) groups excluding carboxylic acids is 2. The Bertz CT molecular complexity index is 700. The van der Waals surface area contributed by atoms with Crippen molar-refractivity contribution in [2.24, 2.45) is 10.4 Å². The van der Waals surface area contributed by atoms with Gasteiger partial charge in [0.15, 0.2) is 5.78 Å². The first-order valence-corrected chi connectivity index (χ1v) is 9.91. The summed E-state index contributed by atoms with van der Waals surface area (Å²) in [5.74, 6) is -1.34. The van der Waals surface area contributed by atoms with E-state index in [0.717, 1.165) is 0 Å². The Morgan fingerprint density at radius 2 is 1.86 bits per heavy atom. The zero-order valence-electron chi connectivity index (χ0n) is 18.3. The number of ether oxygens (including phenoxy) is 1. The number of Topliss-reactive ketones (excluding diaryl/α,β-unsaturated/α-hetero) is 1. The maximum Gasteiger partial charge on any atom is 0.407 e. The number of aliphatic hydroxyl groups excluding tert-OH is 1. The van der Waals surface area contributed by atoms with Crippen LogP contribution < -0.4 is 5.32 Å². The van der Waals surface area contributed by atoms with Crippen LogP contribution >= 0.6 is 0 Å². The van der Waals surface area contributed by atoms with Crippen molar-refractivity contribution in [2.75, 3.05) is 6.54 Å². The fraction of sp³-hybridized carbons (Fsp3) is 0.714. The minimum atomic E-state index is -1.09. The molecule has 0 radical (unpaired) electrons. The Labute approximate surface area is 172 Å². The van der Waals surface area contributed by atoms with Crippen LogP contribution in [-0.4, -0.2) is 52.0 Å². The number of rotatable bonds is 8. The summed E-state index contributed by atoms with van der Waals surface area (Å²) in [6.45, 7) is 11.0. The fourth-order valence-corrected chi connectivity index (χ4v) is 3.21. The molecule has 1 amide bonds. The number of nitrogens with zero attached hydrogens (tertiary/aromatic N) is 1. The van der Waals surface area contributed by atoms with Crippen LogP contribution in [0.3, 0.4) is 0 Å². The molecule has 3 N–H and O–H groups in total. The van der Waals surface area contributed by atoms with Gasteiger partial charge in [0, 0.05) is 25.1 Å². The summed E-state index contributed by atoms with van der Waals surface area (Å²) in [5.41, 5.74) is -0.501. The summed E-state index contributed by atoms with van der Waals surface area (Å²) >= 11 is 0. The molecule has 0 heterocycles. The van der Waals surface area contributed by atoms with Crippen LogP contribution in [0, 0.1) is 5.41 Å². The Morgan fingerprint density at radius 1 is 1.24 bits per heavy atom. The first-order valence-electron chi connectivity index (χ1n) is 9.91. The molecule has 1 aliphatic carbocycles. The maximum atomic E-state index is 12.4. The van der Waals surface area contributed by atoms with Gasteiger partial charge < -0.3 is 20.3 Å². The summed E-state index contributed by atoms with van der Waals surface area (Å²) < 4.78 is 5.13. The monoisotopic (exact) mass is 410 g/mol. The lowest BCUT2D eigenvalue weighted by Crippen LogP contribution is -2.33. The molecule has 29 heavy (non-hydrogen) atoms. The number of aliphatic hydroxyl groups is 1. The van der Waals surface area contributed by atoms with Gasteiger partial charge in [0.2, 0.25) is 0 Å². The van der Waals surface area contributed by atoms with Crippen molar-refractivity contribution >= 4 is 23.6 Å².